The lowest BCUT2D eigenvalue weighted by molar-refractivity contribution is 0.0238. The van der Waals surface area contributed by atoms with Crippen molar-refractivity contribution >= 4 is 11.5 Å². The highest BCUT2D eigenvalue weighted by Gasteiger charge is 2.34. The van der Waals surface area contributed by atoms with E-state index < -0.39 is 0 Å². The van der Waals surface area contributed by atoms with Crippen molar-refractivity contribution in [1.82, 2.24) is 29.4 Å². The molecule has 7 nitrogen and oxygen atoms in total. The molecule has 26 heavy (non-hydrogen) atoms. The van der Waals surface area contributed by atoms with E-state index in [1.807, 2.05) is 36.7 Å². The summed E-state index contributed by atoms with van der Waals surface area (Å²) in [5.74, 6) is 2.13. The topological polar surface area (TPSA) is 52.8 Å². The summed E-state index contributed by atoms with van der Waals surface area (Å²) in [6, 6.07) is 12.8. The minimum Gasteiger partial charge on any atom is -0.354 e. The molecule has 0 atom stereocenters. The highest BCUT2D eigenvalue weighted by molar-refractivity contribution is 5.38. The van der Waals surface area contributed by atoms with E-state index in [1.165, 1.54) is 0 Å². The van der Waals surface area contributed by atoms with Crippen LogP contribution in [0.25, 0.3) is 5.65 Å². The van der Waals surface area contributed by atoms with Crippen LogP contribution in [-0.4, -0.2) is 74.7 Å². The molecular formula is C19H23N7. The van der Waals surface area contributed by atoms with Crippen LogP contribution < -0.4 is 4.90 Å². The molecule has 0 radical (unpaired) electrons. The fraction of sp³-hybridized carbons (Fsp3) is 0.421. The van der Waals surface area contributed by atoms with Gasteiger partial charge in [-0.05, 0) is 24.3 Å². The third-order valence-corrected chi connectivity index (χ3v) is 5.49. The molecule has 2 fully saturated rings. The lowest BCUT2D eigenvalue weighted by Crippen LogP contribution is -2.62. The summed E-state index contributed by atoms with van der Waals surface area (Å²) in [6.45, 7) is 7.45. The molecule has 5 heterocycles. The summed E-state index contributed by atoms with van der Waals surface area (Å²) in [6.07, 6.45) is 3.92. The number of fused-ring (bicyclic) bond motifs is 1. The molecular weight excluding hydrogens is 326 g/mol. The van der Waals surface area contributed by atoms with Crippen LogP contribution in [0.5, 0.6) is 0 Å². The standard InChI is InChI=1S/C19H23N7/c1-3-7-20-17(5-1)25-11-9-24(10-12-25)16-13-23(14-16)15-19-22-21-18-6-2-4-8-26(18)19/h1-8,16H,9-15H2. The van der Waals surface area contributed by atoms with Gasteiger partial charge in [0.1, 0.15) is 5.82 Å². The zero-order valence-corrected chi connectivity index (χ0v) is 14.8. The van der Waals surface area contributed by atoms with E-state index in [4.69, 9.17) is 0 Å². The van der Waals surface area contributed by atoms with E-state index in [0.29, 0.717) is 6.04 Å². The molecule has 2 saturated heterocycles. The van der Waals surface area contributed by atoms with Gasteiger partial charge in [-0.2, -0.15) is 0 Å². The molecule has 0 saturated carbocycles. The van der Waals surface area contributed by atoms with E-state index >= 15 is 0 Å². The summed E-state index contributed by atoms with van der Waals surface area (Å²) in [5, 5.41) is 8.58. The van der Waals surface area contributed by atoms with Crippen molar-refractivity contribution in [1.29, 1.82) is 0 Å². The van der Waals surface area contributed by atoms with E-state index in [0.717, 1.165) is 63.1 Å². The van der Waals surface area contributed by atoms with Crippen LogP contribution in [0, 0.1) is 0 Å². The van der Waals surface area contributed by atoms with E-state index in [9.17, 15) is 0 Å². The first-order valence-electron chi connectivity index (χ1n) is 9.28. The third kappa shape index (κ3) is 2.93. The minimum atomic E-state index is 0.667. The maximum absolute atomic E-state index is 4.47. The number of hydrogen-bond donors (Lipinski definition) is 0. The Kier molecular flexibility index (Phi) is 4.03. The molecule has 2 aliphatic rings. The van der Waals surface area contributed by atoms with Crippen molar-refractivity contribution in [3.05, 3.63) is 54.6 Å². The lowest BCUT2D eigenvalue weighted by Gasteiger charge is -2.48. The predicted molar refractivity (Wildman–Crippen MR) is 100 cm³/mol. The molecule has 0 aliphatic carbocycles. The molecule has 0 N–H and O–H groups in total. The third-order valence-electron chi connectivity index (χ3n) is 5.49. The quantitative estimate of drug-likeness (QED) is 0.704. The van der Waals surface area contributed by atoms with Gasteiger partial charge in [0.2, 0.25) is 0 Å². The van der Waals surface area contributed by atoms with E-state index in [1.54, 1.807) is 0 Å². The Hall–Kier alpha value is -2.51. The number of hydrogen-bond acceptors (Lipinski definition) is 6. The molecule has 7 heteroatoms. The van der Waals surface area contributed by atoms with Crippen LogP contribution in [-0.2, 0) is 6.54 Å². The molecule has 0 unspecified atom stereocenters. The Morgan fingerprint density at radius 3 is 2.58 bits per heavy atom. The molecule has 3 aromatic rings. The Morgan fingerprint density at radius 2 is 1.77 bits per heavy atom. The summed E-state index contributed by atoms with van der Waals surface area (Å²) >= 11 is 0. The molecule has 2 aliphatic heterocycles. The Morgan fingerprint density at radius 1 is 0.923 bits per heavy atom. The first-order chi connectivity index (χ1) is 12.9. The number of piperazine rings is 1. The van der Waals surface area contributed by atoms with E-state index in [2.05, 4.69) is 46.4 Å². The van der Waals surface area contributed by atoms with Crippen molar-refractivity contribution in [3.63, 3.8) is 0 Å². The number of rotatable bonds is 4. The maximum atomic E-state index is 4.47. The minimum absolute atomic E-state index is 0.667. The Bertz CT molecular complexity index is 864. The number of anilines is 1. The monoisotopic (exact) mass is 349 g/mol. The largest absolute Gasteiger partial charge is 0.354 e. The van der Waals surface area contributed by atoms with Crippen LogP contribution >= 0.6 is 0 Å². The van der Waals surface area contributed by atoms with Gasteiger partial charge >= 0.3 is 0 Å². The van der Waals surface area contributed by atoms with Crippen LogP contribution in [0.2, 0.25) is 0 Å². The molecule has 0 bridgehead atoms. The zero-order chi connectivity index (χ0) is 17.3. The van der Waals surface area contributed by atoms with Gasteiger partial charge in [0.05, 0.1) is 6.54 Å². The zero-order valence-electron chi connectivity index (χ0n) is 14.8. The summed E-state index contributed by atoms with van der Waals surface area (Å²) in [5.41, 5.74) is 0.921. The van der Waals surface area contributed by atoms with Gasteiger partial charge in [0.15, 0.2) is 11.5 Å². The number of likely N-dealkylation sites (tertiary alicyclic amines) is 1. The van der Waals surface area contributed by atoms with Gasteiger partial charge in [0, 0.05) is 57.7 Å². The fourth-order valence-electron chi connectivity index (χ4n) is 3.96. The summed E-state index contributed by atoms with van der Waals surface area (Å²) < 4.78 is 2.08. The average Bonchev–Trinajstić information content (AvgIpc) is 3.08. The Balaban J connectivity index is 1.13. The molecule has 0 amide bonds. The highest BCUT2D eigenvalue weighted by Crippen LogP contribution is 2.21. The maximum Gasteiger partial charge on any atom is 0.160 e. The number of pyridine rings is 2. The number of nitrogens with zero attached hydrogens (tertiary/aromatic N) is 7. The predicted octanol–water partition coefficient (Wildman–Crippen LogP) is 1.13. The summed E-state index contributed by atoms with van der Waals surface area (Å²) in [7, 11) is 0. The van der Waals surface area contributed by atoms with Crippen LogP contribution in [0.3, 0.4) is 0 Å². The summed E-state index contributed by atoms with van der Waals surface area (Å²) in [4.78, 5) is 11.9. The van der Waals surface area contributed by atoms with Crippen molar-refractivity contribution < 1.29 is 0 Å². The molecule has 3 aromatic heterocycles. The lowest BCUT2D eigenvalue weighted by atomic mass is 10.1. The van der Waals surface area contributed by atoms with Gasteiger partial charge < -0.3 is 4.90 Å². The average molecular weight is 349 g/mol. The Labute approximate surface area is 152 Å². The van der Waals surface area contributed by atoms with Crippen LogP contribution in [0.1, 0.15) is 5.82 Å². The normalized spacial score (nSPS) is 19.8. The second-order valence-corrected chi connectivity index (χ2v) is 7.10. The van der Waals surface area contributed by atoms with Gasteiger partial charge in [-0.15, -0.1) is 10.2 Å². The molecule has 0 aromatic carbocycles. The first kappa shape index (κ1) is 15.7. The molecule has 5 rings (SSSR count). The second-order valence-electron chi connectivity index (χ2n) is 7.10. The van der Waals surface area contributed by atoms with Crippen LogP contribution in [0.4, 0.5) is 5.82 Å². The van der Waals surface area contributed by atoms with E-state index in [-0.39, 0.29) is 0 Å². The van der Waals surface area contributed by atoms with Gasteiger partial charge in [-0.1, -0.05) is 12.1 Å². The van der Waals surface area contributed by atoms with Gasteiger partial charge in [-0.25, -0.2) is 4.98 Å². The van der Waals surface area contributed by atoms with Gasteiger partial charge in [-0.3, -0.25) is 14.2 Å². The second kappa shape index (κ2) is 6.66. The molecule has 0 spiro atoms. The van der Waals surface area contributed by atoms with Gasteiger partial charge in [0.25, 0.3) is 0 Å². The van der Waals surface area contributed by atoms with Crippen molar-refractivity contribution in [2.45, 2.75) is 12.6 Å². The fourth-order valence-corrected chi connectivity index (χ4v) is 3.96. The van der Waals surface area contributed by atoms with Crippen LogP contribution in [0.15, 0.2) is 48.8 Å². The SMILES string of the molecule is c1ccc(N2CCN(C3CN(Cc4nnc5ccccn45)C3)CC2)nc1. The smallest absolute Gasteiger partial charge is 0.160 e. The number of aromatic nitrogens is 4. The first-order valence-corrected chi connectivity index (χ1v) is 9.28. The highest BCUT2D eigenvalue weighted by atomic mass is 15.4. The molecule has 134 valence electrons. The van der Waals surface area contributed by atoms with Crippen molar-refractivity contribution in [2.24, 2.45) is 0 Å². The van der Waals surface area contributed by atoms with Crippen molar-refractivity contribution in [2.75, 3.05) is 44.2 Å². The van der Waals surface area contributed by atoms with Crippen molar-refractivity contribution in [3.8, 4) is 0 Å².